The molecule has 0 spiro atoms. The molecule has 1 saturated heterocycles. The molecule has 0 aromatic carbocycles. The Hall–Kier alpha value is -1.10. The highest BCUT2D eigenvalue weighted by Crippen LogP contribution is 2.38. The molecule has 1 aliphatic rings. The molecule has 0 atom stereocenters. The van der Waals surface area contributed by atoms with Crippen LogP contribution in [0, 0.1) is 5.41 Å². The van der Waals surface area contributed by atoms with Crippen molar-refractivity contribution in [3.05, 3.63) is 0 Å². The molecule has 0 saturated carbocycles. The molecule has 92 valence electrons. The van der Waals surface area contributed by atoms with Gasteiger partial charge in [-0.15, -0.1) is 0 Å². The molecule has 0 radical (unpaired) electrons. The molecule has 0 bridgehead atoms. The van der Waals surface area contributed by atoms with Crippen molar-refractivity contribution in [2.24, 2.45) is 5.41 Å². The fraction of sp³-hybridized carbons (Fsp3) is 0.818. The molecule has 3 N–H and O–H groups in total. The molecular formula is C11H19NO4. The average Bonchev–Trinajstić information content (AvgIpc) is 2.25. The molecular weight excluding hydrogens is 210 g/mol. The average molecular weight is 229 g/mol. The van der Waals surface area contributed by atoms with E-state index >= 15 is 0 Å². The SMILES string of the molecule is O=C(O)CCC1(CCC(=O)O)CCNCC1. The maximum atomic E-state index is 10.6. The Balaban J connectivity index is 2.52. The minimum absolute atomic E-state index is 0.0813. The molecule has 0 aliphatic carbocycles. The summed E-state index contributed by atoms with van der Waals surface area (Å²) >= 11 is 0. The Kier molecular flexibility index (Phi) is 4.73. The van der Waals surface area contributed by atoms with Gasteiger partial charge in [0, 0.05) is 12.8 Å². The number of carboxylic acids is 2. The van der Waals surface area contributed by atoms with Crippen LogP contribution in [0.25, 0.3) is 0 Å². The Morgan fingerprint density at radius 2 is 1.44 bits per heavy atom. The third kappa shape index (κ3) is 4.18. The van der Waals surface area contributed by atoms with E-state index in [4.69, 9.17) is 10.2 Å². The zero-order valence-corrected chi connectivity index (χ0v) is 9.37. The van der Waals surface area contributed by atoms with Gasteiger partial charge in [0.1, 0.15) is 0 Å². The number of hydrogen-bond acceptors (Lipinski definition) is 3. The lowest BCUT2D eigenvalue weighted by atomic mass is 9.72. The Morgan fingerprint density at radius 1 is 1.00 bits per heavy atom. The zero-order valence-electron chi connectivity index (χ0n) is 9.37. The summed E-state index contributed by atoms with van der Waals surface area (Å²) in [6.07, 6.45) is 3.23. The van der Waals surface area contributed by atoms with Crippen LogP contribution < -0.4 is 5.32 Å². The van der Waals surface area contributed by atoms with Crippen LogP contribution in [-0.4, -0.2) is 35.2 Å². The summed E-state index contributed by atoms with van der Waals surface area (Å²) in [6, 6.07) is 0. The van der Waals surface area contributed by atoms with E-state index in [1.807, 2.05) is 0 Å². The van der Waals surface area contributed by atoms with Crippen LogP contribution in [0.15, 0.2) is 0 Å². The van der Waals surface area contributed by atoms with Gasteiger partial charge in [0.2, 0.25) is 0 Å². The van der Waals surface area contributed by atoms with E-state index in [2.05, 4.69) is 5.32 Å². The van der Waals surface area contributed by atoms with Crippen molar-refractivity contribution in [3.8, 4) is 0 Å². The zero-order chi connectivity index (χ0) is 12.0. The van der Waals surface area contributed by atoms with Crippen molar-refractivity contribution >= 4 is 11.9 Å². The van der Waals surface area contributed by atoms with Gasteiger partial charge in [-0.3, -0.25) is 9.59 Å². The highest BCUT2D eigenvalue weighted by Gasteiger charge is 2.32. The van der Waals surface area contributed by atoms with Crippen LogP contribution in [-0.2, 0) is 9.59 Å². The predicted octanol–water partition coefficient (Wildman–Crippen LogP) is 1.09. The quantitative estimate of drug-likeness (QED) is 0.634. The largest absolute Gasteiger partial charge is 0.481 e. The van der Waals surface area contributed by atoms with E-state index in [-0.39, 0.29) is 18.3 Å². The number of hydrogen-bond donors (Lipinski definition) is 3. The smallest absolute Gasteiger partial charge is 0.303 e. The van der Waals surface area contributed by atoms with Gasteiger partial charge >= 0.3 is 11.9 Å². The number of piperidine rings is 1. The first-order valence-electron chi connectivity index (χ1n) is 5.68. The maximum Gasteiger partial charge on any atom is 0.303 e. The minimum atomic E-state index is -0.798. The number of rotatable bonds is 6. The van der Waals surface area contributed by atoms with Gasteiger partial charge in [0.05, 0.1) is 0 Å². The third-order valence-electron chi connectivity index (χ3n) is 3.40. The lowest BCUT2D eigenvalue weighted by molar-refractivity contribution is -0.138. The van der Waals surface area contributed by atoms with E-state index in [1.165, 1.54) is 0 Å². The van der Waals surface area contributed by atoms with Crippen molar-refractivity contribution in [1.82, 2.24) is 5.32 Å². The number of carboxylic acid groups (broad SMARTS) is 2. The molecule has 1 heterocycles. The normalized spacial score (nSPS) is 19.2. The van der Waals surface area contributed by atoms with Gasteiger partial charge in [-0.25, -0.2) is 0 Å². The summed E-state index contributed by atoms with van der Waals surface area (Å²) in [4.78, 5) is 21.2. The topological polar surface area (TPSA) is 86.6 Å². The van der Waals surface area contributed by atoms with Crippen molar-refractivity contribution in [3.63, 3.8) is 0 Å². The molecule has 0 aromatic rings. The van der Waals surface area contributed by atoms with Crippen LogP contribution in [0.4, 0.5) is 0 Å². The molecule has 1 aliphatic heterocycles. The van der Waals surface area contributed by atoms with Gasteiger partial charge in [0.25, 0.3) is 0 Å². The number of carbonyl (C=O) groups is 2. The molecule has 0 aromatic heterocycles. The van der Waals surface area contributed by atoms with E-state index in [9.17, 15) is 9.59 Å². The van der Waals surface area contributed by atoms with E-state index < -0.39 is 11.9 Å². The van der Waals surface area contributed by atoms with Gasteiger partial charge in [-0.05, 0) is 44.2 Å². The summed E-state index contributed by atoms with van der Waals surface area (Å²) in [7, 11) is 0. The fourth-order valence-corrected chi connectivity index (χ4v) is 2.33. The van der Waals surface area contributed by atoms with Crippen LogP contribution in [0.1, 0.15) is 38.5 Å². The first kappa shape index (κ1) is 13.0. The Labute approximate surface area is 94.8 Å². The molecule has 5 nitrogen and oxygen atoms in total. The highest BCUT2D eigenvalue weighted by molar-refractivity contribution is 5.67. The second kappa shape index (κ2) is 5.84. The summed E-state index contributed by atoms with van der Waals surface area (Å²) in [5.41, 5.74) is -0.0813. The van der Waals surface area contributed by atoms with Crippen molar-refractivity contribution in [2.75, 3.05) is 13.1 Å². The molecule has 16 heavy (non-hydrogen) atoms. The van der Waals surface area contributed by atoms with Crippen molar-refractivity contribution in [1.29, 1.82) is 0 Å². The molecule has 0 unspecified atom stereocenters. The fourth-order valence-electron chi connectivity index (χ4n) is 2.33. The number of aliphatic carboxylic acids is 2. The van der Waals surface area contributed by atoms with Crippen molar-refractivity contribution < 1.29 is 19.8 Å². The second-order valence-electron chi connectivity index (χ2n) is 4.54. The van der Waals surface area contributed by atoms with Crippen LogP contribution >= 0.6 is 0 Å². The van der Waals surface area contributed by atoms with Crippen LogP contribution in [0.3, 0.4) is 0 Å². The monoisotopic (exact) mass is 229 g/mol. The third-order valence-corrected chi connectivity index (χ3v) is 3.40. The lowest BCUT2D eigenvalue weighted by Gasteiger charge is -2.37. The lowest BCUT2D eigenvalue weighted by Crippen LogP contribution is -2.37. The second-order valence-corrected chi connectivity index (χ2v) is 4.54. The van der Waals surface area contributed by atoms with Gasteiger partial charge in [-0.2, -0.15) is 0 Å². The van der Waals surface area contributed by atoms with E-state index in [0.29, 0.717) is 12.8 Å². The standard InChI is InChI=1S/C11H19NO4/c13-9(14)1-3-11(4-2-10(15)16)5-7-12-8-6-11/h12H,1-8H2,(H,13,14)(H,15,16). The summed E-state index contributed by atoms with van der Waals surface area (Å²) in [6.45, 7) is 1.72. The van der Waals surface area contributed by atoms with Gasteiger partial charge < -0.3 is 15.5 Å². The van der Waals surface area contributed by atoms with Gasteiger partial charge in [0.15, 0.2) is 0 Å². The Morgan fingerprint density at radius 3 is 1.81 bits per heavy atom. The highest BCUT2D eigenvalue weighted by atomic mass is 16.4. The van der Waals surface area contributed by atoms with Crippen LogP contribution in [0.2, 0.25) is 0 Å². The maximum absolute atomic E-state index is 10.6. The molecule has 5 heteroatoms. The summed E-state index contributed by atoms with van der Waals surface area (Å²) in [5, 5.41) is 20.6. The van der Waals surface area contributed by atoms with Crippen LogP contribution in [0.5, 0.6) is 0 Å². The minimum Gasteiger partial charge on any atom is -0.481 e. The Bertz CT molecular complexity index is 239. The molecule has 1 rings (SSSR count). The summed E-state index contributed by atoms with van der Waals surface area (Å²) < 4.78 is 0. The molecule has 1 fully saturated rings. The van der Waals surface area contributed by atoms with E-state index in [0.717, 1.165) is 25.9 Å². The molecule has 0 amide bonds. The summed E-state index contributed by atoms with van der Waals surface area (Å²) in [5.74, 6) is -1.60. The predicted molar refractivity (Wildman–Crippen MR) is 58.3 cm³/mol. The van der Waals surface area contributed by atoms with Gasteiger partial charge in [-0.1, -0.05) is 0 Å². The number of nitrogens with one attached hydrogen (secondary N) is 1. The first-order chi connectivity index (χ1) is 7.54. The van der Waals surface area contributed by atoms with Crippen molar-refractivity contribution in [2.45, 2.75) is 38.5 Å². The van der Waals surface area contributed by atoms with E-state index in [1.54, 1.807) is 0 Å². The first-order valence-corrected chi connectivity index (χ1v) is 5.68.